The second kappa shape index (κ2) is 10.5. The van der Waals surface area contributed by atoms with Crippen molar-refractivity contribution in [2.24, 2.45) is 4.99 Å². The Morgan fingerprint density at radius 3 is 2.48 bits per heavy atom. The molecule has 1 saturated heterocycles. The number of rotatable bonds is 7. The van der Waals surface area contributed by atoms with Crippen LogP contribution in [-0.4, -0.2) is 75.2 Å². The molecule has 1 aliphatic heterocycles. The standard InChI is InChI=1S/C22H39N5/c1-18(2)25(6)13-8-7-12-24-22(23-5)27-16-14-26(15-17-27)21-11-9-10-19(3)20(21)4/h9-11,18H,7-8,12-17H2,1-6H3,(H,23,24). The first-order chi connectivity index (χ1) is 12.9. The van der Waals surface area contributed by atoms with Gasteiger partial charge < -0.3 is 20.0 Å². The second-order valence-corrected chi connectivity index (χ2v) is 7.95. The first-order valence-electron chi connectivity index (χ1n) is 10.4. The van der Waals surface area contributed by atoms with Crippen molar-refractivity contribution in [3.8, 4) is 0 Å². The zero-order valence-corrected chi connectivity index (χ0v) is 18.3. The van der Waals surface area contributed by atoms with E-state index in [1.54, 1.807) is 0 Å². The highest BCUT2D eigenvalue weighted by Gasteiger charge is 2.20. The number of benzene rings is 1. The Hall–Kier alpha value is -1.75. The van der Waals surface area contributed by atoms with Crippen molar-refractivity contribution < 1.29 is 0 Å². The van der Waals surface area contributed by atoms with Gasteiger partial charge in [-0.15, -0.1) is 0 Å². The van der Waals surface area contributed by atoms with Crippen molar-refractivity contribution in [1.29, 1.82) is 0 Å². The van der Waals surface area contributed by atoms with Gasteiger partial charge in [-0.1, -0.05) is 12.1 Å². The van der Waals surface area contributed by atoms with E-state index < -0.39 is 0 Å². The molecule has 152 valence electrons. The predicted molar refractivity (Wildman–Crippen MR) is 118 cm³/mol. The first kappa shape index (κ1) is 21.5. The molecule has 27 heavy (non-hydrogen) atoms. The maximum absolute atomic E-state index is 4.50. The lowest BCUT2D eigenvalue weighted by molar-refractivity contribution is 0.268. The quantitative estimate of drug-likeness (QED) is 0.452. The first-order valence-corrected chi connectivity index (χ1v) is 10.4. The number of hydrogen-bond acceptors (Lipinski definition) is 3. The van der Waals surface area contributed by atoms with Crippen molar-refractivity contribution in [3.05, 3.63) is 29.3 Å². The summed E-state index contributed by atoms with van der Waals surface area (Å²) >= 11 is 0. The van der Waals surface area contributed by atoms with Crippen molar-refractivity contribution in [2.75, 3.05) is 58.3 Å². The third kappa shape index (κ3) is 6.13. The summed E-state index contributed by atoms with van der Waals surface area (Å²) in [6.07, 6.45) is 2.40. The zero-order valence-electron chi connectivity index (χ0n) is 18.3. The van der Waals surface area contributed by atoms with E-state index in [9.17, 15) is 0 Å². The summed E-state index contributed by atoms with van der Waals surface area (Å²) in [6, 6.07) is 7.24. The van der Waals surface area contributed by atoms with E-state index in [0.29, 0.717) is 6.04 Å². The van der Waals surface area contributed by atoms with Crippen LogP contribution in [0.2, 0.25) is 0 Å². The molecule has 0 aliphatic carbocycles. The van der Waals surface area contributed by atoms with E-state index in [1.165, 1.54) is 29.7 Å². The van der Waals surface area contributed by atoms with Gasteiger partial charge in [-0.3, -0.25) is 4.99 Å². The molecule has 1 aromatic carbocycles. The molecule has 0 atom stereocenters. The van der Waals surface area contributed by atoms with E-state index in [4.69, 9.17) is 0 Å². The van der Waals surface area contributed by atoms with Gasteiger partial charge in [-0.2, -0.15) is 0 Å². The number of unbranched alkanes of at least 4 members (excludes halogenated alkanes) is 1. The van der Waals surface area contributed by atoms with E-state index in [-0.39, 0.29) is 0 Å². The molecule has 5 heteroatoms. The van der Waals surface area contributed by atoms with Crippen LogP contribution < -0.4 is 10.2 Å². The third-order valence-electron chi connectivity index (χ3n) is 5.81. The summed E-state index contributed by atoms with van der Waals surface area (Å²) < 4.78 is 0. The van der Waals surface area contributed by atoms with E-state index in [0.717, 1.165) is 45.2 Å². The van der Waals surface area contributed by atoms with Crippen LogP contribution >= 0.6 is 0 Å². The molecule has 0 bridgehead atoms. The van der Waals surface area contributed by atoms with Gasteiger partial charge >= 0.3 is 0 Å². The molecule has 0 saturated carbocycles. The van der Waals surface area contributed by atoms with E-state index in [1.807, 2.05) is 7.05 Å². The molecule has 1 aromatic rings. The molecule has 2 rings (SSSR count). The molecule has 1 N–H and O–H groups in total. The number of aryl methyl sites for hydroxylation is 1. The number of nitrogens with zero attached hydrogens (tertiary/aromatic N) is 4. The van der Waals surface area contributed by atoms with Crippen molar-refractivity contribution in [3.63, 3.8) is 0 Å². The highest BCUT2D eigenvalue weighted by atomic mass is 15.3. The van der Waals surface area contributed by atoms with Gasteiger partial charge in [-0.05, 0) is 71.3 Å². The molecule has 0 radical (unpaired) electrons. The van der Waals surface area contributed by atoms with Crippen molar-refractivity contribution in [1.82, 2.24) is 15.1 Å². The molecular formula is C22H39N5. The smallest absolute Gasteiger partial charge is 0.193 e. The van der Waals surface area contributed by atoms with Gasteiger partial charge in [0.05, 0.1) is 0 Å². The minimum Gasteiger partial charge on any atom is -0.368 e. The normalized spacial score (nSPS) is 15.8. The SMILES string of the molecule is CN=C(NCCCCN(C)C(C)C)N1CCN(c2cccc(C)c2C)CC1. The van der Waals surface area contributed by atoms with Crippen molar-refractivity contribution in [2.45, 2.75) is 46.6 Å². The van der Waals surface area contributed by atoms with Gasteiger partial charge in [0, 0.05) is 51.5 Å². The molecule has 0 spiro atoms. The Morgan fingerprint density at radius 1 is 1.15 bits per heavy atom. The van der Waals surface area contributed by atoms with Crippen LogP contribution in [0, 0.1) is 13.8 Å². The molecular weight excluding hydrogens is 334 g/mol. The third-order valence-corrected chi connectivity index (χ3v) is 5.81. The lowest BCUT2D eigenvalue weighted by Gasteiger charge is -2.38. The van der Waals surface area contributed by atoms with Gasteiger partial charge in [0.15, 0.2) is 5.96 Å². The number of hydrogen-bond donors (Lipinski definition) is 1. The Kier molecular flexibility index (Phi) is 8.42. The maximum atomic E-state index is 4.50. The summed E-state index contributed by atoms with van der Waals surface area (Å²) in [4.78, 5) is 11.8. The average Bonchev–Trinajstić information content (AvgIpc) is 2.67. The van der Waals surface area contributed by atoms with Crippen LogP contribution in [0.1, 0.15) is 37.8 Å². The molecule has 0 amide bonds. The number of nitrogens with one attached hydrogen (secondary N) is 1. The number of aliphatic imine (C=N–C) groups is 1. The molecule has 1 fully saturated rings. The van der Waals surface area contributed by atoms with Crippen LogP contribution in [0.4, 0.5) is 5.69 Å². The fourth-order valence-electron chi connectivity index (χ4n) is 3.51. The number of guanidine groups is 1. The molecule has 0 aromatic heterocycles. The minimum atomic E-state index is 0.624. The lowest BCUT2D eigenvalue weighted by Crippen LogP contribution is -2.52. The van der Waals surface area contributed by atoms with Crippen LogP contribution in [0.3, 0.4) is 0 Å². The Morgan fingerprint density at radius 2 is 1.85 bits per heavy atom. The van der Waals surface area contributed by atoms with Gasteiger partial charge in [-0.25, -0.2) is 0 Å². The van der Waals surface area contributed by atoms with Gasteiger partial charge in [0.1, 0.15) is 0 Å². The summed E-state index contributed by atoms with van der Waals surface area (Å²) in [5.41, 5.74) is 4.15. The number of piperazine rings is 1. The second-order valence-electron chi connectivity index (χ2n) is 7.95. The predicted octanol–water partition coefficient (Wildman–Crippen LogP) is 3.12. The monoisotopic (exact) mass is 373 g/mol. The minimum absolute atomic E-state index is 0.624. The van der Waals surface area contributed by atoms with E-state index in [2.05, 4.69) is 78.0 Å². The Labute approximate surface area is 166 Å². The summed E-state index contributed by atoms with van der Waals surface area (Å²) in [5.74, 6) is 1.05. The molecule has 0 unspecified atom stereocenters. The summed E-state index contributed by atoms with van der Waals surface area (Å²) in [6.45, 7) is 15.2. The Balaban J connectivity index is 1.76. The molecule has 5 nitrogen and oxygen atoms in total. The fraction of sp³-hybridized carbons (Fsp3) is 0.682. The Bertz CT molecular complexity index is 603. The van der Waals surface area contributed by atoms with Crippen LogP contribution in [0.5, 0.6) is 0 Å². The zero-order chi connectivity index (χ0) is 19.8. The maximum Gasteiger partial charge on any atom is 0.193 e. The van der Waals surface area contributed by atoms with Crippen LogP contribution in [-0.2, 0) is 0 Å². The topological polar surface area (TPSA) is 34.1 Å². The molecule has 1 heterocycles. The van der Waals surface area contributed by atoms with E-state index >= 15 is 0 Å². The number of anilines is 1. The fourth-order valence-corrected chi connectivity index (χ4v) is 3.51. The lowest BCUT2D eigenvalue weighted by atomic mass is 10.1. The highest BCUT2D eigenvalue weighted by molar-refractivity contribution is 5.80. The van der Waals surface area contributed by atoms with Crippen molar-refractivity contribution >= 4 is 11.6 Å². The average molecular weight is 374 g/mol. The molecule has 1 aliphatic rings. The summed E-state index contributed by atoms with van der Waals surface area (Å²) in [5, 5.41) is 3.56. The van der Waals surface area contributed by atoms with Crippen LogP contribution in [0.25, 0.3) is 0 Å². The largest absolute Gasteiger partial charge is 0.368 e. The highest BCUT2D eigenvalue weighted by Crippen LogP contribution is 2.23. The van der Waals surface area contributed by atoms with Crippen LogP contribution in [0.15, 0.2) is 23.2 Å². The van der Waals surface area contributed by atoms with Gasteiger partial charge in [0.2, 0.25) is 0 Å². The van der Waals surface area contributed by atoms with Gasteiger partial charge in [0.25, 0.3) is 0 Å². The summed E-state index contributed by atoms with van der Waals surface area (Å²) in [7, 11) is 4.10.